The molecule has 0 radical (unpaired) electrons. The predicted molar refractivity (Wildman–Crippen MR) is 104 cm³/mol. The van der Waals surface area contributed by atoms with Gasteiger partial charge >= 0.3 is 0 Å². The van der Waals surface area contributed by atoms with Gasteiger partial charge in [0.25, 0.3) is 0 Å². The molecule has 132 valence electrons. The fraction of sp³-hybridized carbons (Fsp3) is 0.200. The van der Waals surface area contributed by atoms with E-state index >= 15 is 0 Å². The summed E-state index contributed by atoms with van der Waals surface area (Å²) in [6, 6.07) is 15.4. The number of aryl methyl sites for hydroxylation is 1. The van der Waals surface area contributed by atoms with Crippen molar-refractivity contribution >= 4 is 23.4 Å². The molecule has 0 unspecified atom stereocenters. The van der Waals surface area contributed by atoms with Crippen molar-refractivity contribution in [3.8, 4) is 17.0 Å². The van der Waals surface area contributed by atoms with E-state index in [1.807, 2.05) is 48.5 Å². The molecule has 6 heteroatoms. The molecule has 5 nitrogen and oxygen atoms in total. The Morgan fingerprint density at radius 3 is 3.00 bits per heavy atom. The summed E-state index contributed by atoms with van der Waals surface area (Å²) in [7, 11) is 1.61. The zero-order chi connectivity index (χ0) is 17.9. The zero-order valence-electron chi connectivity index (χ0n) is 14.4. The second-order valence-corrected chi connectivity index (χ2v) is 7.13. The number of fused-ring (bicyclic) bond motifs is 1. The molecule has 26 heavy (non-hydrogen) atoms. The van der Waals surface area contributed by atoms with Gasteiger partial charge in [-0.1, -0.05) is 42.1 Å². The number of rotatable bonds is 5. The number of thioether (sulfide) groups is 1. The predicted octanol–water partition coefficient (Wildman–Crippen LogP) is 3.85. The van der Waals surface area contributed by atoms with E-state index in [1.165, 1.54) is 0 Å². The van der Waals surface area contributed by atoms with E-state index in [2.05, 4.69) is 21.1 Å². The Hall–Kier alpha value is -2.73. The maximum atomic E-state index is 12.4. The summed E-state index contributed by atoms with van der Waals surface area (Å²) in [5.74, 6) is 1.73. The number of hydrogen-bond donors (Lipinski definition) is 1. The minimum Gasteiger partial charge on any atom is -0.496 e. The van der Waals surface area contributed by atoms with Crippen LogP contribution in [0.3, 0.4) is 0 Å². The van der Waals surface area contributed by atoms with Crippen LogP contribution in [0.5, 0.6) is 5.75 Å². The van der Waals surface area contributed by atoms with Crippen LogP contribution in [0.25, 0.3) is 11.3 Å². The molecule has 0 atom stereocenters. The molecule has 2 aromatic carbocycles. The van der Waals surface area contributed by atoms with Gasteiger partial charge in [-0.3, -0.25) is 4.79 Å². The van der Waals surface area contributed by atoms with Crippen LogP contribution in [0.1, 0.15) is 5.56 Å². The fourth-order valence-corrected chi connectivity index (χ4v) is 3.98. The second-order valence-electron chi connectivity index (χ2n) is 6.07. The topological polar surface area (TPSA) is 56.1 Å². The highest BCUT2D eigenvalue weighted by molar-refractivity contribution is 7.99. The molecule has 0 aliphatic carbocycles. The fourth-order valence-electron chi connectivity index (χ4n) is 3.03. The summed E-state index contributed by atoms with van der Waals surface area (Å²) in [6.07, 6.45) is 2.34. The Kier molecular flexibility index (Phi) is 4.67. The maximum Gasteiger partial charge on any atom is 0.228 e. The summed E-state index contributed by atoms with van der Waals surface area (Å²) in [5.41, 5.74) is 3.57. The van der Waals surface area contributed by atoms with Crippen LogP contribution in [0.2, 0.25) is 0 Å². The molecule has 0 bridgehead atoms. The van der Waals surface area contributed by atoms with E-state index < -0.39 is 0 Å². The van der Waals surface area contributed by atoms with Crippen molar-refractivity contribution in [2.75, 3.05) is 18.2 Å². The van der Waals surface area contributed by atoms with Gasteiger partial charge < -0.3 is 14.6 Å². The first-order valence-corrected chi connectivity index (χ1v) is 9.43. The van der Waals surface area contributed by atoms with Crippen LogP contribution >= 0.6 is 11.8 Å². The van der Waals surface area contributed by atoms with Gasteiger partial charge in [0.05, 0.1) is 19.2 Å². The molecule has 2 heterocycles. The maximum absolute atomic E-state index is 12.4. The number of para-hydroxylation sites is 1. The molecule has 0 saturated carbocycles. The Balaban J connectivity index is 1.49. The Morgan fingerprint density at radius 1 is 1.27 bits per heavy atom. The number of nitrogens with zero attached hydrogens (tertiary/aromatic N) is 2. The number of ether oxygens (including phenoxy) is 1. The smallest absolute Gasteiger partial charge is 0.228 e. The molecule has 0 saturated heterocycles. The number of imidazole rings is 1. The van der Waals surface area contributed by atoms with Crippen LogP contribution in [0.4, 0.5) is 5.69 Å². The third-order valence-corrected chi connectivity index (χ3v) is 5.26. The first-order chi connectivity index (χ1) is 12.7. The molecule has 0 fully saturated rings. The standard InChI is InChI=1S/C20H19N3O2S/c1-25-18-8-3-2-5-15(18)12-19(24)21-16-7-4-6-14(11-16)17-13-23-9-10-26-20(23)22-17/h2-8,11,13H,9-10,12H2,1H3,(H,21,24). The van der Waals surface area contributed by atoms with Crippen LogP contribution in [0, 0.1) is 0 Å². The van der Waals surface area contributed by atoms with Gasteiger partial charge in [-0.2, -0.15) is 0 Å². The first kappa shape index (κ1) is 16.7. The number of anilines is 1. The Labute approximate surface area is 156 Å². The van der Waals surface area contributed by atoms with Crippen molar-refractivity contribution in [3.63, 3.8) is 0 Å². The molecule has 1 aliphatic heterocycles. The SMILES string of the molecule is COc1ccccc1CC(=O)Nc1cccc(-c2cn3c(n2)SCC3)c1. The number of methoxy groups -OCH3 is 1. The van der Waals surface area contributed by atoms with Crippen molar-refractivity contribution in [1.82, 2.24) is 9.55 Å². The highest BCUT2D eigenvalue weighted by Crippen LogP contribution is 2.30. The lowest BCUT2D eigenvalue weighted by molar-refractivity contribution is -0.115. The molecular formula is C20H19N3O2S. The van der Waals surface area contributed by atoms with Gasteiger partial charge in [0.2, 0.25) is 5.91 Å². The van der Waals surface area contributed by atoms with E-state index in [-0.39, 0.29) is 12.3 Å². The summed E-state index contributed by atoms with van der Waals surface area (Å²) >= 11 is 1.77. The average Bonchev–Trinajstić information content (AvgIpc) is 3.24. The van der Waals surface area contributed by atoms with Crippen LogP contribution in [0.15, 0.2) is 59.9 Å². The van der Waals surface area contributed by atoms with Gasteiger partial charge in [-0.25, -0.2) is 4.98 Å². The largest absolute Gasteiger partial charge is 0.496 e. The third-order valence-electron chi connectivity index (χ3n) is 4.29. The zero-order valence-corrected chi connectivity index (χ0v) is 15.3. The lowest BCUT2D eigenvalue weighted by Gasteiger charge is -2.09. The number of aromatic nitrogens is 2. The van der Waals surface area contributed by atoms with Crippen molar-refractivity contribution in [2.24, 2.45) is 0 Å². The normalized spacial score (nSPS) is 12.7. The summed E-state index contributed by atoms with van der Waals surface area (Å²) < 4.78 is 7.48. The molecule has 3 aromatic rings. The van der Waals surface area contributed by atoms with Gasteiger partial charge in [0.15, 0.2) is 5.16 Å². The van der Waals surface area contributed by atoms with Crippen molar-refractivity contribution < 1.29 is 9.53 Å². The van der Waals surface area contributed by atoms with E-state index in [9.17, 15) is 4.79 Å². The lowest BCUT2D eigenvalue weighted by Crippen LogP contribution is -2.14. The van der Waals surface area contributed by atoms with Crippen molar-refractivity contribution in [1.29, 1.82) is 0 Å². The number of hydrogen-bond acceptors (Lipinski definition) is 4. The van der Waals surface area contributed by atoms with E-state index in [1.54, 1.807) is 18.9 Å². The molecule has 1 aliphatic rings. The molecule has 1 aromatic heterocycles. The van der Waals surface area contributed by atoms with E-state index in [0.29, 0.717) is 0 Å². The van der Waals surface area contributed by atoms with Gasteiger partial charge in [0.1, 0.15) is 5.75 Å². The van der Waals surface area contributed by atoms with Crippen LogP contribution in [-0.2, 0) is 17.8 Å². The average molecular weight is 365 g/mol. The van der Waals surface area contributed by atoms with Gasteiger partial charge in [-0.15, -0.1) is 0 Å². The molecule has 0 spiro atoms. The number of benzene rings is 2. The number of amides is 1. The van der Waals surface area contributed by atoms with E-state index in [0.717, 1.165) is 45.7 Å². The van der Waals surface area contributed by atoms with Crippen LogP contribution in [-0.4, -0.2) is 28.3 Å². The Bertz CT molecular complexity index is 930. The van der Waals surface area contributed by atoms with Crippen molar-refractivity contribution in [2.45, 2.75) is 18.1 Å². The van der Waals surface area contributed by atoms with Gasteiger partial charge in [0, 0.05) is 35.3 Å². The molecule has 4 rings (SSSR count). The summed E-state index contributed by atoms with van der Waals surface area (Å²) in [6.45, 7) is 1.00. The molecule has 1 amide bonds. The van der Waals surface area contributed by atoms with Gasteiger partial charge in [-0.05, 0) is 18.2 Å². The highest BCUT2D eigenvalue weighted by Gasteiger charge is 2.15. The lowest BCUT2D eigenvalue weighted by atomic mass is 10.1. The first-order valence-electron chi connectivity index (χ1n) is 8.45. The summed E-state index contributed by atoms with van der Waals surface area (Å²) in [4.78, 5) is 17.1. The highest BCUT2D eigenvalue weighted by atomic mass is 32.2. The van der Waals surface area contributed by atoms with Crippen LogP contribution < -0.4 is 10.1 Å². The number of carbonyl (C=O) groups excluding carboxylic acids is 1. The summed E-state index contributed by atoms with van der Waals surface area (Å²) in [5, 5.41) is 4.03. The molecular weight excluding hydrogens is 346 g/mol. The van der Waals surface area contributed by atoms with Crippen molar-refractivity contribution in [3.05, 3.63) is 60.3 Å². The Morgan fingerprint density at radius 2 is 2.15 bits per heavy atom. The second kappa shape index (κ2) is 7.25. The monoisotopic (exact) mass is 365 g/mol. The minimum absolute atomic E-state index is 0.0745. The van der Waals surface area contributed by atoms with E-state index in [4.69, 9.17) is 4.74 Å². The minimum atomic E-state index is -0.0745. The number of nitrogens with one attached hydrogen (secondary N) is 1. The third kappa shape index (κ3) is 3.46. The quantitative estimate of drug-likeness (QED) is 0.746. The number of carbonyl (C=O) groups is 1. The molecule has 1 N–H and O–H groups in total.